The van der Waals surface area contributed by atoms with Crippen molar-refractivity contribution in [1.82, 2.24) is 9.80 Å². The highest BCUT2D eigenvalue weighted by Gasteiger charge is 2.35. The summed E-state index contributed by atoms with van der Waals surface area (Å²) in [6.45, 7) is 1.48. The summed E-state index contributed by atoms with van der Waals surface area (Å²) in [7, 11) is 1.83. The van der Waals surface area contributed by atoms with E-state index in [9.17, 15) is 9.59 Å². The van der Waals surface area contributed by atoms with Gasteiger partial charge in [0, 0.05) is 43.3 Å². The number of anilines is 1. The first-order chi connectivity index (χ1) is 16.0. The van der Waals surface area contributed by atoms with Crippen LogP contribution in [0.4, 0.5) is 10.5 Å². The molecule has 6 heteroatoms. The molecule has 0 radical (unpaired) electrons. The van der Waals surface area contributed by atoms with Gasteiger partial charge < -0.3 is 15.1 Å². The number of urea groups is 1. The zero-order valence-electron chi connectivity index (χ0n) is 18.7. The molecule has 1 fully saturated rings. The molecule has 3 aromatic rings. The zero-order valence-corrected chi connectivity index (χ0v) is 19.4. The second kappa shape index (κ2) is 10.5. The predicted molar refractivity (Wildman–Crippen MR) is 132 cm³/mol. The summed E-state index contributed by atoms with van der Waals surface area (Å²) in [5, 5.41) is 3.49. The Labute approximate surface area is 200 Å². The second-order valence-electron chi connectivity index (χ2n) is 8.57. The van der Waals surface area contributed by atoms with E-state index in [1.165, 1.54) is 0 Å². The molecular weight excluding hydrogens is 434 g/mol. The molecule has 1 heterocycles. The number of carbonyl (C=O) groups is 2. The molecular formula is C27H28ClN3O2. The summed E-state index contributed by atoms with van der Waals surface area (Å²) in [6, 6.07) is 26.9. The van der Waals surface area contributed by atoms with Gasteiger partial charge in [0.15, 0.2) is 0 Å². The quantitative estimate of drug-likeness (QED) is 0.534. The van der Waals surface area contributed by atoms with Crippen molar-refractivity contribution >= 4 is 29.2 Å². The molecule has 3 amide bonds. The van der Waals surface area contributed by atoms with Crippen molar-refractivity contribution in [2.24, 2.45) is 5.92 Å². The number of hydrogen-bond donors (Lipinski definition) is 1. The number of nitrogens with one attached hydrogen (secondary N) is 1. The van der Waals surface area contributed by atoms with Crippen molar-refractivity contribution in [3.8, 4) is 0 Å². The first-order valence-electron chi connectivity index (χ1n) is 11.1. The predicted octanol–water partition coefficient (Wildman–Crippen LogP) is 5.64. The molecule has 33 heavy (non-hydrogen) atoms. The third-order valence-electron chi connectivity index (χ3n) is 6.07. The Balaban J connectivity index is 1.52. The Morgan fingerprint density at radius 1 is 0.970 bits per heavy atom. The molecule has 0 spiro atoms. The maximum absolute atomic E-state index is 13.4. The highest BCUT2D eigenvalue weighted by molar-refractivity contribution is 6.30. The minimum Gasteiger partial charge on any atom is -0.341 e. The highest BCUT2D eigenvalue weighted by atomic mass is 35.5. The summed E-state index contributed by atoms with van der Waals surface area (Å²) in [5.74, 6) is -0.132. The average molecular weight is 462 g/mol. The van der Waals surface area contributed by atoms with E-state index in [0.29, 0.717) is 36.8 Å². The first kappa shape index (κ1) is 22.9. The van der Waals surface area contributed by atoms with Crippen molar-refractivity contribution in [3.05, 3.63) is 101 Å². The number of nitrogens with zero attached hydrogens (tertiary/aromatic N) is 2. The molecule has 3 aromatic carbocycles. The fourth-order valence-corrected chi connectivity index (χ4v) is 4.62. The minimum absolute atomic E-state index is 0.0556. The van der Waals surface area contributed by atoms with Crippen LogP contribution in [0.15, 0.2) is 84.9 Å². The molecule has 1 saturated heterocycles. The Morgan fingerprint density at radius 3 is 2.36 bits per heavy atom. The smallest absolute Gasteiger partial charge is 0.321 e. The summed E-state index contributed by atoms with van der Waals surface area (Å²) >= 11 is 6.07. The Morgan fingerprint density at radius 2 is 1.67 bits per heavy atom. The van der Waals surface area contributed by atoms with Crippen LogP contribution in [-0.4, -0.2) is 41.9 Å². The molecule has 2 unspecified atom stereocenters. The third kappa shape index (κ3) is 5.93. The Bertz CT molecular complexity index is 1090. The van der Waals surface area contributed by atoms with E-state index in [0.717, 1.165) is 11.1 Å². The van der Waals surface area contributed by atoms with Gasteiger partial charge in [0.05, 0.1) is 5.92 Å². The number of hydrogen-bond acceptors (Lipinski definition) is 2. The van der Waals surface area contributed by atoms with Gasteiger partial charge in [-0.05, 0) is 35.7 Å². The molecule has 4 rings (SSSR count). The van der Waals surface area contributed by atoms with E-state index in [1.807, 2.05) is 55.6 Å². The maximum Gasteiger partial charge on any atom is 0.321 e. The fourth-order valence-electron chi connectivity index (χ4n) is 4.43. The van der Waals surface area contributed by atoms with E-state index in [2.05, 4.69) is 17.4 Å². The van der Waals surface area contributed by atoms with Gasteiger partial charge in [0.25, 0.3) is 0 Å². The number of carbonyl (C=O) groups excluding carboxylic acids is 2. The molecule has 1 aliphatic rings. The monoisotopic (exact) mass is 461 g/mol. The van der Waals surface area contributed by atoms with Gasteiger partial charge in [-0.1, -0.05) is 78.3 Å². The van der Waals surface area contributed by atoms with E-state index >= 15 is 0 Å². The number of piperidine rings is 1. The topological polar surface area (TPSA) is 52.7 Å². The number of likely N-dealkylation sites (tertiary alicyclic amines) is 1. The van der Waals surface area contributed by atoms with Gasteiger partial charge in [0.2, 0.25) is 5.91 Å². The lowest BCUT2D eigenvalue weighted by atomic mass is 9.84. The van der Waals surface area contributed by atoms with Gasteiger partial charge in [-0.3, -0.25) is 4.79 Å². The maximum atomic E-state index is 13.4. The van der Waals surface area contributed by atoms with Crippen LogP contribution in [0.2, 0.25) is 5.02 Å². The van der Waals surface area contributed by atoms with Crippen LogP contribution in [0.25, 0.3) is 0 Å². The molecule has 2 atom stereocenters. The Kier molecular flexibility index (Phi) is 7.30. The van der Waals surface area contributed by atoms with E-state index in [1.54, 1.807) is 34.1 Å². The number of rotatable bonds is 5. The van der Waals surface area contributed by atoms with Crippen molar-refractivity contribution in [1.29, 1.82) is 0 Å². The highest BCUT2D eigenvalue weighted by Crippen LogP contribution is 2.32. The second-order valence-corrected chi connectivity index (χ2v) is 9.00. The molecule has 0 aromatic heterocycles. The van der Waals surface area contributed by atoms with Gasteiger partial charge in [-0.15, -0.1) is 0 Å². The van der Waals surface area contributed by atoms with Crippen LogP contribution in [0.1, 0.15) is 23.5 Å². The summed E-state index contributed by atoms with van der Waals surface area (Å²) < 4.78 is 0. The van der Waals surface area contributed by atoms with Gasteiger partial charge in [-0.2, -0.15) is 0 Å². The molecule has 0 saturated carbocycles. The zero-order chi connectivity index (χ0) is 23.2. The third-order valence-corrected chi connectivity index (χ3v) is 6.31. The molecule has 1 N–H and O–H groups in total. The summed E-state index contributed by atoms with van der Waals surface area (Å²) in [4.78, 5) is 30.0. The van der Waals surface area contributed by atoms with Crippen molar-refractivity contribution in [3.63, 3.8) is 0 Å². The molecule has 1 aliphatic heterocycles. The lowest BCUT2D eigenvalue weighted by Gasteiger charge is -2.38. The van der Waals surface area contributed by atoms with Crippen molar-refractivity contribution < 1.29 is 9.59 Å². The first-order valence-corrected chi connectivity index (χ1v) is 11.5. The molecule has 5 nitrogen and oxygen atoms in total. The van der Waals surface area contributed by atoms with E-state index in [4.69, 9.17) is 11.6 Å². The molecule has 0 bridgehead atoms. The fraction of sp³-hybridized carbons (Fsp3) is 0.259. The van der Waals surface area contributed by atoms with Crippen molar-refractivity contribution in [2.75, 3.05) is 25.5 Å². The minimum atomic E-state index is -0.275. The summed E-state index contributed by atoms with van der Waals surface area (Å²) in [5.41, 5.74) is 2.86. The normalized spacial score (nSPS) is 17.9. The van der Waals surface area contributed by atoms with Crippen LogP contribution in [0, 0.1) is 5.92 Å². The van der Waals surface area contributed by atoms with Gasteiger partial charge in [0.1, 0.15) is 0 Å². The largest absolute Gasteiger partial charge is 0.341 e. The van der Waals surface area contributed by atoms with Crippen LogP contribution >= 0.6 is 11.6 Å². The number of amides is 3. The van der Waals surface area contributed by atoms with Crippen LogP contribution < -0.4 is 5.32 Å². The number of benzene rings is 3. The van der Waals surface area contributed by atoms with Crippen LogP contribution in [0.5, 0.6) is 0 Å². The summed E-state index contributed by atoms with van der Waals surface area (Å²) in [6.07, 6.45) is 0.711. The van der Waals surface area contributed by atoms with Gasteiger partial charge in [-0.25, -0.2) is 4.79 Å². The Hall–Kier alpha value is -3.31. The van der Waals surface area contributed by atoms with Gasteiger partial charge >= 0.3 is 6.03 Å². The van der Waals surface area contributed by atoms with Crippen LogP contribution in [-0.2, 0) is 11.3 Å². The standard InChI is InChI=1S/C27H28ClN3O2/c1-30(17-20-9-4-2-5-10-20)26(32)23-15-22(21-11-6-3-7-12-21)18-31(19-23)27(33)29-25-14-8-13-24(28)16-25/h2-14,16,22-23H,15,17-19H2,1H3,(H,29,33). The lowest BCUT2D eigenvalue weighted by molar-refractivity contribution is -0.136. The molecule has 0 aliphatic carbocycles. The molecule has 170 valence electrons. The van der Waals surface area contributed by atoms with Crippen LogP contribution in [0.3, 0.4) is 0 Å². The number of halogens is 1. The lowest BCUT2D eigenvalue weighted by Crippen LogP contribution is -2.49. The van der Waals surface area contributed by atoms with Crippen molar-refractivity contribution in [2.45, 2.75) is 18.9 Å². The average Bonchev–Trinajstić information content (AvgIpc) is 2.84. The van der Waals surface area contributed by atoms with E-state index < -0.39 is 0 Å². The van der Waals surface area contributed by atoms with E-state index in [-0.39, 0.29) is 23.8 Å². The SMILES string of the molecule is CN(Cc1ccccc1)C(=O)C1CC(c2ccccc2)CN(C(=O)Nc2cccc(Cl)c2)C1.